The highest BCUT2D eigenvalue weighted by Crippen LogP contribution is 2.42. The Hall–Kier alpha value is -2.50. The minimum atomic E-state index is -0.383. The number of nitrogens with two attached hydrogens (primary N) is 1. The van der Waals surface area contributed by atoms with Gasteiger partial charge < -0.3 is 16.2 Å². The smallest absolute Gasteiger partial charge is 0.278 e. The van der Waals surface area contributed by atoms with Crippen LogP contribution < -0.4 is 11.1 Å². The van der Waals surface area contributed by atoms with E-state index in [1.807, 2.05) is 0 Å². The molecule has 5 N–H and O–H groups in total. The zero-order chi connectivity index (χ0) is 13.4. The van der Waals surface area contributed by atoms with Gasteiger partial charge in [0.1, 0.15) is 5.75 Å². The van der Waals surface area contributed by atoms with Gasteiger partial charge in [-0.05, 0) is 25.0 Å². The summed E-state index contributed by atoms with van der Waals surface area (Å²) >= 11 is 0. The minimum Gasteiger partial charge on any atom is -0.508 e. The maximum Gasteiger partial charge on any atom is 0.278 e. The Morgan fingerprint density at radius 2 is 2.26 bits per heavy atom. The second-order valence-corrected chi connectivity index (χ2v) is 4.68. The summed E-state index contributed by atoms with van der Waals surface area (Å²) in [5.41, 5.74) is 7.89. The molecule has 6 nitrogen and oxygen atoms in total. The number of phenols is 1. The van der Waals surface area contributed by atoms with Crippen LogP contribution in [0.25, 0.3) is 0 Å². The average molecular weight is 258 g/mol. The van der Waals surface area contributed by atoms with Gasteiger partial charge in [0.15, 0.2) is 5.69 Å². The number of hydrogen-bond donors (Lipinski definition) is 4. The SMILES string of the molecule is Nc1c(C(=O)Nc2cccc(O)c2)n[nH]c1C1CC1. The van der Waals surface area contributed by atoms with E-state index >= 15 is 0 Å². The largest absolute Gasteiger partial charge is 0.508 e. The molecule has 0 radical (unpaired) electrons. The van der Waals surface area contributed by atoms with Crippen LogP contribution in [0, 0.1) is 0 Å². The van der Waals surface area contributed by atoms with Crippen molar-refractivity contribution >= 4 is 17.3 Å². The van der Waals surface area contributed by atoms with Gasteiger partial charge in [0.05, 0.1) is 11.4 Å². The summed E-state index contributed by atoms with van der Waals surface area (Å²) in [6, 6.07) is 6.32. The molecule has 1 aliphatic carbocycles. The van der Waals surface area contributed by atoms with E-state index in [1.165, 1.54) is 12.1 Å². The molecule has 1 aliphatic rings. The van der Waals surface area contributed by atoms with Gasteiger partial charge in [-0.2, -0.15) is 5.10 Å². The van der Waals surface area contributed by atoms with Crippen molar-refractivity contribution in [3.05, 3.63) is 35.7 Å². The Kier molecular flexibility index (Phi) is 2.63. The fourth-order valence-corrected chi connectivity index (χ4v) is 1.99. The number of aromatic hydroxyl groups is 1. The molecule has 0 saturated heterocycles. The molecule has 19 heavy (non-hydrogen) atoms. The molecule has 0 bridgehead atoms. The number of H-pyrrole nitrogens is 1. The van der Waals surface area contributed by atoms with Crippen molar-refractivity contribution in [2.75, 3.05) is 11.1 Å². The van der Waals surface area contributed by atoms with E-state index in [9.17, 15) is 9.90 Å². The number of anilines is 2. The number of carbonyl (C=O) groups excluding carboxylic acids is 1. The van der Waals surface area contributed by atoms with Gasteiger partial charge in [-0.25, -0.2) is 0 Å². The summed E-state index contributed by atoms with van der Waals surface area (Å²) in [5.74, 6) is 0.118. The number of benzene rings is 1. The van der Waals surface area contributed by atoms with Gasteiger partial charge in [0.25, 0.3) is 5.91 Å². The number of aromatic amines is 1. The van der Waals surface area contributed by atoms with Crippen LogP contribution in [-0.4, -0.2) is 21.2 Å². The van der Waals surface area contributed by atoms with E-state index in [2.05, 4.69) is 15.5 Å². The van der Waals surface area contributed by atoms with E-state index in [-0.39, 0.29) is 17.4 Å². The molecule has 1 aromatic carbocycles. The first-order chi connectivity index (χ1) is 9.15. The number of nitrogens with zero attached hydrogens (tertiary/aromatic N) is 1. The summed E-state index contributed by atoms with van der Waals surface area (Å²) < 4.78 is 0. The number of phenolic OH excluding ortho intramolecular Hbond substituents is 1. The second-order valence-electron chi connectivity index (χ2n) is 4.68. The summed E-state index contributed by atoms with van der Waals surface area (Å²) in [6.07, 6.45) is 2.17. The van der Waals surface area contributed by atoms with E-state index in [0.717, 1.165) is 18.5 Å². The lowest BCUT2D eigenvalue weighted by Gasteiger charge is -2.04. The minimum absolute atomic E-state index is 0.0893. The Morgan fingerprint density at radius 3 is 2.95 bits per heavy atom. The maximum atomic E-state index is 12.0. The topological polar surface area (TPSA) is 104 Å². The van der Waals surface area contributed by atoms with Crippen LogP contribution in [0.1, 0.15) is 34.9 Å². The first-order valence-corrected chi connectivity index (χ1v) is 6.09. The summed E-state index contributed by atoms with van der Waals surface area (Å²) in [4.78, 5) is 12.0. The van der Waals surface area contributed by atoms with Crippen molar-refractivity contribution in [1.82, 2.24) is 10.2 Å². The highest BCUT2D eigenvalue weighted by Gasteiger charge is 2.30. The van der Waals surface area contributed by atoms with Crippen molar-refractivity contribution in [3.63, 3.8) is 0 Å². The summed E-state index contributed by atoms with van der Waals surface area (Å²) in [5, 5.41) is 18.8. The van der Waals surface area contributed by atoms with Gasteiger partial charge in [-0.1, -0.05) is 6.07 Å². The van der Waals surface area contributed by atoms with Crippen molar-refractivity contribution in [2.24, 2.45) is 0 Å². The number of amides is 1. The standard InChI is InChI=1S/C13H14N4O2/c14-10-11(7-4-5-7)16-17-12(10)13(19)15-8-2-1-3-9(18)6-8/h1-3,6-7,18H,4-5,14H2,(H,15,19)(H,16,17). The molecule has 2 aromatic rings. The molecule has 0 atom stereocenters. The quantitative estimate of drug-likeness (QED) is 0.674. The van der Waals surface area contributed by atoms with E-state index in [0.29, 0.717) is 17.3 Å². The molecule has 98 valence electrons. The van der Waals surface area contributed by atoms with Gasteiger partial charge in [0.2, 0.25) is 0 Å². The second kappa shape index (κ2) is 4.31. The summed E-state index contributed by atoms with van der Waals surface area (Å²) in [6.45, 7) is 0. The predicted octanol–water partition coefficient (Wildman–Crippen LogP) is 1.83. The van der Waals surface area contributed by atoms with Crippen LogP contribution in [0.5, 0.6) is 5.75 Å². The number of nitrogen functional groups attached to an aromatic ring is 1. The number of rotatable bonds is 3. The molecular weight excluding hydrogens is 244 g/mol. The van der Waals surface area contributed by atoms with Crippen molar-refractivity contribution in [1.29, 1.82) is 0 Å². The van der Waals surface area contributed by atoms with Crippen molar-refractivity contribution in [2.45, 2.75) is 18.8 Å². The lowest BCUT2D eigenvalue weighted by atomic mass is 10.2. The van der Waals surface area contributed by atoms with Gasteiger partial charge >= 0.3 is 0 Å². The normalized spacial score (nSPS) is 14.3. The molecule has 1 fully saturated rings. The molecule has 0 unspecified atom stereocenters. The van der Waals surface area contributed by atoms with Crippen LogP contribution in [0.15, 0.2) is 24.3 Å². The van der Waals surface area contributed by atoms with Crippen molar-refractivity contribution < 1.29 is 9.90 Å². The zero-order valence-electron chi connectivity index (χ0n) is 10.2. The van der Waals surface area contributed by atoms with Crippen LogP contribution >= 0.6 is 0 Å². The number of carbonyl (C=O) groups is 1. The van der Waals surface area contributed by atoms with Crippen LogP contribution in [0.4, 0.5) is 11.4 Å². The fraction of sp³-hybridized carbons (Fsp3) is 0.231. The zero-order valence-corrected chi connectivity index (χ0v) is 10.2. The van der Waals surface area contributed by atoms with Crippen molar-refractivity contribution in [3.8, 4) is 5.75 Å². The molecular formula is C13H14N4O2. The number of aromatic nitrogens is 2. The van der Waals surface area contributed by atoms with E-state index in [4.69, 9.17) is 5.73 Å². The third kappa shape index (κ3) is 2.24. The number of nitrogens with one attached hydrogen (secondary N) is 2. The highest BCUT2D eigenvalue weighted by atomic mass is 16.3. The lowest BCUT2D eigenvalue weighted by molar-refractivity contribution is 0.102. The van der Waals surface area contributed by atoms with E-state index in [1.54, 1.807) is 12.1 Å². The van der Waals surface area contributed by atoms with Gasteiger partial charge in [-0.3, -0.25) is 9.89 Å². The van der Waals surface area contributed by atoms with Crippen LogP contribution in [0.3, 0.4) is 0 Å². The average Bonchev–Trinajstić information content (AvgIpc) is 3.13. The molecule has 1 heterocycles. The lowest BCUT2D eigenvalue weighted by Crippen LogP contribution is -2.14. The third-order valence-electron chi connectivity index (χ3n) is 3.14. The molecule has 3 rings (SSSR count). The molecule has 1 amide bonds. The Morgan fingerprint density at radius 1 is 1.47 bits per heavy atom. The monoisotopic (exact) mass is 258 g/mol. The number of hydrogen-bond acceptors (Lipinski definition) is 4. The highest BCUT2D eigenvalue weighted by molar-refractivity contribution is 6.06. The van der Waals surface area contributed by atoms with Gasteiger partial charge in [0, 0.05) is 17.7 Å². The molecule has 0 spiro atoms. The maximum absolute atomic E-state index is 12.0. The van der Waals surface area contributed by atoms with Crippen LogP contribution in [-0.2, 0) is 0 Å². The Labute approximate surface area is 109 Å². The predicted molar refractivity (Wildman–Crippen MR) is 71.0 cm³/mol. The van der Waals surface area contributed by atoms with E-state index < -0.39 is 0 Å². The van der Waals surface area contributed by atoms with Gasteiger partial charge in [-0.15, -0.1) is 0 Å². The Bertz CT molecular complexity index is 631. The van der Waals surface area contributed by atoms with Crippen LogP contribution in [0.2, 0.25) is 0 Å². The molecule has 1 saturated carbocycles. The molecule has 6 heteroatoms. The first-order valence-electron chi connectivity index (χ1n) is 6.09. The Balaban J connectivity index is 1.80. The molecule has 0 aliphatic heterocycles. The first kappa shape index (κ1) is 11.6. The third-order valence-corrected chi connectivity index (χ3v) is 3.14. The summed E-state index contributed by atoms with van der Waals surface area (Å²) in [7, 11) is 0. The fourth-order valence-electron chi connectivity index (χ4n) is 1.99. The molecule has 1 aromatic heterocycles.